The lowest BCUT2D eigenvalue weighted by Gasteiger charge is -2.23. The Morgan fingerprint density at radius 2 is 2.00 bits per heavy atom. The average molecular weight is 235 g/mol. The van der Waals surface area contributed by atoms with Crippen molar-refractivity contribution in [3.05, 3.63) is 35.9 Å². The lowest BCUT2D eigenvalue weighted by atomic mass is 10.0. The number of hydrogen-bond acceptors (Lipinski definition) is 3. The van der Waals surface area contributed by atoms with Crippen molar-refractivity contribution >= 4 is 5.78 Å². The van der Waals surface area contributed by atoms with E-state index in [-0.39, 0.29) is 11.8 Å². The first-order valence-corrected chi connectivity index (χ1v) is 5.95. The van der Waals surface area contributed by atoms with E-state index < -0.39 is 0 Å². The fraction of sp³-hybridized carbons (Fsp3) is 0.500. The molecule has 94 valence electrons. The minimum atomic E-state index is -0.0887. The third-order valence-corrected chi connectivity index (χ3v) is 2.96. The lowest BCUT2D eigenvalue weighted by Crippen LogP contribution is -2.37. The van der Waals surface area contributed by atoms with E-state index in [0.29, 0.717) is 0 Å². The third-order valence-electron chi connectivity index (χ3n) is 2.96. The van der Waals surface area contributed by atoms with E-state index >= 15 is 0 Å². The molecule has 1 atom stereocenters. The Kier molecular flexibility index (Phi) is 5.87. The second-order valence-corrected chi connectivity index (χ2v) is 4.23. The minimum Gasteiger partial charge on any atom is -0.385 e. The molecular weight excluding hydrogens is 214 g/mol. The van der Waals surface area contributed by atoms with Crippen molar-refractivity contribution in [2.45, 2.75) is 19.4 Å². The number of ketones is 1. The van der Waals surface area contributed by atoms with Gasteiger partial charge in [0.05, 0.1) is 6.04 Å². The number of likely N-dealkylation sites (N-methyl/N-ethyl adjacent to an activating group) is 1. The van der Waals surface area contributed by atoms with Crippen molar-refractivity contribution < 1.29 is 9.53 Å². The number of methoxy groups -OCH3 is 1. The zero-order chi connectivity index (χ0) is 12.7. The average Bonchev–Trinajstić information content (AvgIpc) is 2.38. The molecule has 0 radical (unpaired) electrons. The molecule has 1 aromatic rings. The van der Waals surface area contributed by atoms with Gasteiger partial charge in [-0.2, -0.15) is 0 Å². The molecule has 0 aliphatic carbocycles. The molecular formula is C14H21NO2. The highest BCUT2D eigenvalue weighted by molar-refractivity contribution is 5.99. The summed E-state index contributed by atoms with van der Waals surface area (Å²) >= 11 is 0. The maximum absolute atomic E-state index is 12.1. The van der Waals surface area contributed by atoms with Gasteiger partial charge in [0, 0.05) is 25.8 Å². The Morgan fingerprint density at radius 1 is 1.35 bits per heavy atom. The van der Waals surface area contributed by atoms with Crippen LogP contribution in [0.4, 0.5) is 0 Å². The van der Waals surface area contributed by atoms with Gasteiger partial charge in [0.15, 0.2) is 5.78 Å². The van der Waals surface area contributed by atoms with Gasteiger partial charge >= 0.3 is 0 Å². The van der Waals surface area contributed by atoms with Gasteiger partial charge in [-0.15, -0.1) is 0 Å². The molecule has 0 aromatic heterocycles. The maximum Gasteiger partial charge on any atom is 0.179 e. The van der Waals surface area contributed by atoms with Crippen molar-refractivity contribution in [1.82, 2.24) is 4.90 Å². The zero-order valence-electron chi connectivity index (χ0n) is 10.8. The van der Waals surface area contributed by atoms with Crippen molar-refractivity contribution in [3.63, 3.8) is 0 Å². The first-order chi connectivity index (χ1) is 8.16. The molecule has 0 saturated heterocycles. The summed E-state index contributed by atoms with van der Waals surface area (Å²) < 4.78 is 5.01. The predicted molar refractivity (Wildman–Crippen MR) is 69.4 cm³/mol. The summed E-state index contributed by atoms with van der Waals surface area (Å²) in [5.74, 6) is 0.172. The van der Waals surface area contributed by atoms with E-state index in [1.165, 1.54) is 0 Å². The SMILES string of the molecule is COCCCN(C)C(C)C(=O)c1ccccc1. The Labute approximate surface area is 103 Å². The van der Waals surface area contributed by atoms with Crippen molar-refractivity contribution in [2.24, 2.45) is 0 Å². The summed E-state index contributed by atoms with van der Waals surface area (Å²) in [6, 6.07) is 9.35. The van der Waals surface area contributed by atoms with E-state index in [2.05, 4.69) is 4.90 Å². The molecule has 0 saturated carbocycles. The van der Waals surface area contributed by atoms with E-state index in [1.807, 2.05) is 44.3 Å². The normalized spacial score (nSPS) is 12.7. The first kappa shape index (κ1) is 13.9. The quantitative estimate of drug-likeness (QED) is 0.536. The first-order valence-electron chi connectivity index (χ1n) is 5.95. The second-order valence-electron chi connectivity index (χ2n) is 4.23. The number of Topliss-reactive ketones (excluding diaryl/α,β-unsaturated/α-hetero) is 1. The highest BCUT2D eigenvalue weighted by atomic mass is 16.5. The van der Waals surface area contributed by atoms with Gasteiger partial charge in [0.25, 0.3) is 0 Å². The molecule has 3 heteroatoms. The van der Waals surface area contributed by atoms with Crippen LogP contribution in [0.2, 0.25) is 0 Å². The van der Waals surface area contributed by atoms with Gasteiger partial charge in [0.2, 0.25) is 0 Å². The molecule has 0 fully saturated rings. The van der Waals surface area contributed by atoms with Gasteiger partial charge in [-0.05, 0) is 20.4 Å². The zero-order valence-corrected chi connectivity index (χ0v) is 10.8. The molecule has 1 rings (SSSR count). The van der Waals surface area contributed by atoms with Gasteiger partial charge in [0.1, 0.15) is 0 Å². The van der Waals surface area contributed by atoms with Gasteiger partial charge in [-0.25, -0.2) is 0 Å². The molecule has 0 heterocycles. The van der Waals surface area contributed by atoms with Gasteiger partial charge in [-0.3, -0.25) is 9.69 Å². The Balaban J connectivity index is 2.51. The van der Waals surface area contributed by atoms with Crippen LogP contribution in [0, 0.1) is 0 Å². The number of hydrogen-bond donors (Lipinski definition) is 0. The molecule has 3 nitrogen and oxygen atoms in total. The fourth-order valence-corrected chi connectivity index (χ4v) is 1.70. The number of carbonyl (C=O) groups is 1. The van der Waals surface area contributed by atoms with E-state index in [0.717, 1.165) is 25.1 Å². The standard InChI is InChI=1S/C14H21NO2/c1-12(15(2)10-7-11-17-3)14(16)13-8-5-4-6-9-13/h4-6,8-9,12H,7,10-11H2,1-3H3. The number of ether oxygens (including phenoxy) is 1. The topological polar surface area (TPSA) is 29.5 Å². The van der Waals surface area contributed by atoms with Gasteiger partial charge in [-0.1, -0.05) is 30.3 Å². The monoisotopic (exact) mass is 235 g/mol. The molecule has 0 spiro atoms. The predicted octanol–water partition coefficient (Wildman–Crippen LogP) is 2.23. The number of benzene rings is 1. The van der Waals surface area contributed by atoms with E-state index in [4.69, 9.17) is 4.74 Å². The smallest absolute Gasteiger partial charge is 0.179 e. The minimum absolute atomic E-state index is 0.0887. The largest absolute Gasteiger partial charge is 0.385 e. The van der Waals surface area contributed by atoms with Crippen molar-refractivity contribution in [3.8, 4) is 0 Å². The molecule has 0 N–H and O–H groups in total. The summed E-state index contributed by atoms with van der Waals surface area (Å²) in [6.07, 6.45) is 0.944. The van der Waals surface area contributed by atoms with E-state index in [9.17, 15) is 4.79 Å². The van der Waals surface area contributed by atoms with Crippen LogP contribution in [-0.2, 0) is 4.74 Å². The molecule has 0 aliphatic rings. The Bertz CT molecular complexity index is 337. The van der Waals surface area contributed by atoms with Crippen LogP contribution < -0.4 is 0 Å². The van der Waals surface area contributed by atoms with Crippen LogP contribution in [0.1, 0.15) is 23.7 Å². The van der Waals surface area contributed by atoms with Crippen LogP contribution in [0.3, 0.4) is 0 Å². The number of nitrogens with zero attached hydrogens (tertiary/aromatic N) is 1. The lowest BCUT2D eigenvalue weighted by molar-refractivity contribution is 0.0855. The molecule has 0 bridgehead atoms. The van der Waals surface area contributed by atoms with Crippen molar-refractivity contribution in [1.29, 1.82) is 0 Å². The molecule has 0 amide bonds. The van der Waals surface area contributed by atoms with Gasteiger partial charge < -0.3 is 4.74 Å². The molecule has 17 heavy (non-hydrogen) atoms. The Hall–Kier alpha value is -1.19. The fourth-order valence-electron chi connectivity index (χ4n) is 1.70. The second kappa shape index (κ2) is 7.20. The molecule has 0 aliphatic heterocycles. The molecule has 1 unspecified atom stereocenters. The molecule has 1 aromatic carbocycles. The highest BCUT2D eigenvalue weighted by Crippen LogP contribution is 2.08. The van der Waals surface area contributed by atoms with Crippen LogP contribution >= 0.6 is 0 Å². The highest BCUT2D eigenvalue weighted by Gasteiger charge is 2.18. The van der Waals surface area contributed by atoms with Crippen LogP contribution in [0.5, 0.6) is 0 Å². The number of rotatable bonds is 7. The van der Waals surface area contributed by atoms with Crippen molar-refractivity contribution in [2.75, 3.05) is 27.3 Å². The number of carbonyl (C=O) groups excluding carboxylic acids is 1. The third kappa shape index (κ3) is 4.29. The van der Waals surface area contributed by atoms with Crippen LogP contribution in [0.25, 0.3) is 0 Å². The summed E-state index contributed by atoms with van der Waals surface area (Å²) in [4.78, 5) is 14.2. The summed E-state index contributed by atoms with van der Waals surface area (Å²) in [6.45, 7) is 3.55. The summed E-state index contributed by atoms with van der Waals surface area (Å²) in [5.41, 5.74) is 0.776. The van der Waals surface area contributed by atoms with Crippen LogP contribution in [0.15, 0.2) is 30.3 Å². The van der Waals surface area contributed by atoms with E-state index in [1.54, 1.807) is 7.11 Å². The maximum atomic E-state index is 12.1. The van der Waals surface area contributed by atoms with Crippen LogP contribution in [-0.4, -0.2) is 44.0 Å². The summed E-state index contributed by atoms with van der Waals surface area (Å²) in [5, 5.41) is 0. The summed E-state index contributed by atoms with van der Waals surface area (Å²) in [7, 11) is 3.67. The Morgan fingerprint density at radius 3 is 2.59 bits per heavy atom.